The number of hydrogen-bond acceptors (Lipinski definition) is 7. The van der Waals surface area contributed by atoms with Gasteiger partial charge in [0.15, 0.2) is 0 Å². The molecule has 2 aromatic carbocycles. The van der Waals surface area contributed by atoms with Gasteiger partial charge in [0.1, 0.15) is 16.6 Å². The summed E-state index contributed by atoms with van der Waals surface area (Å²) in [4.78, 5) is 38.4. The zero-order valence-electron chi connectivity index (χ0n) is 23.5. The first-order valence-electron chi connectivity index (χ1n) is 13.0. The molecule has 1 aliphatic heterocycles. The van der Waals surface area contributed by atoms with Crippen LogP contribution in [0.3, 0.4) is 0 Å². The molecule has 12 heteroatoms. The van der Waals surface area contributed by atoms with Gasteiger partial charge in [-0.3, -0.25) is 14.6 Å². The Kier molecular flexibility index (Phi) is 9.72. The second kappa shape index (κ2) is 13.4. The fourth-order valence-electron chi connectivity index (χ4n) is 4.43. The summed E-state index contributed by atoms with van der Waals surface area (Å²) in [6.45, 7) is 9.61. The van der Waals surface area contributed by atoms with Gasteiger partial charge in [0.05, 0.1) is 42.3 Å². The highest BCUT2D eigenvalue weighted by Gasteiger charge is 2.36. The van der Waals surface area contributed by atoms with Gasteiger partial charge in [-0.25, -0.2) is 9.78 Å². The SMILES string of the molecule is C=CC(=O)Nc1ccccc1Nc1ncc2c(n1)N(C/C(C=C)=C/NC)C(=O)N(c1c(Cl)c(CC)cc(OC)c1Cl)C2. The molecular weight excluding hydrogens is 577 g/mol. The number of halogens is 2. The molecule has 3 aromatic rings. The molecule has 1 aromatic heterocycles. The molecule has 10 nitrogen and oxygen atoms in total. The number of carbonyl (C=O) groups excluding carboxylic acids is 2. The minimum atomic E-state index is -0.395. The molecule has 4 rings (SSSR count). The van der Waals surface area contributed by atoms with Crippen LogP contribution in [0.1, 0.15) is 18.1 Å². The Bertz CT molecular complexity index is 1550. The van der Waals surface area contributed by atoms with E-state index < -0.39 is 6.03 Å². The number of aryl methyl sites for hydroxylation is 1. The normalized spacial score (nSPS) is 12.9. The predicted octanol–water partition coefficient (Wildman–Crippen LogP) is 6.46. The number of ether oxygens (including phenoxy) is 1. The summed E-state index contributed by atoms with van der Waals surface area (Å²) >= 11 is 13.5. The van der Waals surface area contributed by atoms with Crippen molar-refractivity contribution in [2.45, 2.75) is 19.9 Å². The molecule has 0 aliphatic carbocycles. The molecule has 218 valence electrons. The molecule has 0 fully saturated rings. The highest BCUT2D eigenvalue weighted by Crippen LogP contribution is 2.45. The van der Waals surface area contributed by atoms with Crippen LogP contribution in [0.2, 0.25) is 10.0 Å². The van der Waals surface area contributed by atoms with Crippen molar-refractivity contribution in [3.63, 3.8) is 0 Å². The van der Waals surface area contributed by atoms with Crippen LogP contribution in [0.25, 0.3) is 0 Å². The molecule has 0 bridgehead atoms. The molecule has 0 atom stereocenters. The van der Waals surface area contributed by atoms with Crippen molar-refractivity contribution in [1.82, 2.24) is 15.3 Å². The first-order valence-corrected chi connectivity index (χ1v) is 13.8. The zero-order valence-corrected chi connectivity index (χ0v) is 25.0. The van der Waals surface area contributed by atoms with Gasteiger partial charge in [0.2, 0.25) is 11.9 Å². The number of hydrogen-bond donors (Lipinski definition) is 3. The number of methoxy groups -OCH3 is 1. The number of carbonyl (C=O) groups is 2. The Labute approximate surface area is 254 Å². The van der Waals surface area contributed by atoms with Gasteiger partial charge in [-0.05, 0) is 41.8 Å². The third kappa shape index (κ3) is 6.19. The van der Waals surface area contributed by atoms with Crippen molar-refractivity contribution in [1.29, 1.82) is 0 Å². The minimum absolute atomic E-state index is 0.117. The smallest absolute Gasteiger partial charge is 0.330 e. The lowest BCUT2D eigenvalue weighted by molar-refractivity contribution is -0.111. The minimum Gasteiger partial charge on any atom is -0.495 e. The van der Waals surface area contributed by atoms with Crippen molar-refractivity contribution < 1.29 is 14.3 Å². The average Bonchev–Trinajstić information content (AvgIpc) is 2.99. The lowest BCUT2D eigenvalue weighted by atomic mass is 10.1. The molecular formula is C30H31Cl2N7O3. The average molecular weight is 609 g/mol. The lowest BCUT2D eigenvalue weighted by Crippen LogP contribution is -2.49. The molecule has 42 heavy (non-hydrogen) atoms. The van der Waals surface area contributed by atoms with Gasteiger partial charge in [-0.1, -0.05) is 61.5 Å². The lowest BCUT2D eigenvalue weighted by Gasteiger charge is -2.37. The van der Waals surface area contributed by atoms with Crippen LogP contribution in [0.4, 0.5) is 33.6 Å². The number of anilines is 5. The third-order valence-electron chi connectivity index (χ3n) is 6.53. The van der Waals surface area contributed by atoms with Crippen molar-refractivity contribution in [2.24, 2.45) is 0 Å². The molecule has 0 unspecified atom stereocenters. The second-order valence-electron chi connectivity index (χ2n) is 9.14. The van der Waals surface area contributed by atoms with Crippen molar-refractivity contribution in [3.05, 3.63) is 94.8 Å². The maximum Gasteiger partial charge on any atom is 0.330 e. The standard InChI is InChI=1S/C30H31Cl2N7O3/c1-6-18(14-33-4)16-39-28-20(15-34-29(37-28)36-22-12-10-9-11-21(22)35-24(40)8-3)17-38(30(39)41)27-25(31)19(7-2)13-23(42-5)26(27)32/h6,8-15,33H,1,3,7,16-17H2,2,4-5H3,(H,35,40)(H,34,36,37)/b18-14+. The summed E-state index contributed by atoms with van der Waals surface area (Å²) in [5.74, 6) is 0.680. The molecule has 0 saturated heterocycles. The van der Waals surface area contributed by atoms with Gasteiger partial charge < -0.3 is 20.7 Å². The van der Waals surface area contributed by atoms with E-state index in [1.807, 2.05) is 13.0 Å². The van der Waals surface area contributed by atoms with E-state index >= 15 is 0 Å². The molecule has 3 amide bonds. The van der Waals surface area contributed by atoms with Crippen LogP contribution >= 0.6 is 23.2 Å². The van der Waals surface area contributed by atoms with E-state index in [9.17, 15) is 9.59 Å². The van der Waals surface area contributed by atoms with E-state index in [0.29, 0.717) is 45.6 Å². The number of nitrogens with one attached hydrogen (secondary N) is 3. The Hall–Kier alpha value is -4.54. The first kappa shape index (κ1) is 30.4. The largest absolute Gasteiger partial charge is 0.495 e. The van der Waals surface area contributed by atoms with Gasteiger partial charge in [-0.15, -0.1) is 0 Å². The van der Waals surface area contributed by atoms with Crippen LogP contribution < -0.4 is 30.5 Å². The predicted molar refractivity (Wildman–Crippen MR) is 169 cm³/mol. The fraction of sp³-hybridized carbons (Fsp3) is 0.200. The second-order valence-corrected chi connectivity index (χ2v) is 9.90. The molecule has 3 N–H and O–H groups in total. The van der Waals surface area contributed by atoms with E-state index in [4.69, 9.17) is 32.9 Å². The van der Waals surface area contributed by atoms with Crippen LogP contribution in [0.15, 0.2) is 73.6 Å². The van der Waals surface area contributed by atoms with E-state index in [1.54, 1.807) is 49.8 Å². The Balaban J connectivity index is 1.81. The monoisotopic (exact) mass is 607 g/mol. The zero-order chi connectivity index (χ0) is 30.4. The van der Waals surface area contributed by atoms with E-state index in [1.165, 1.54) is 23.0 Å². The topological polar surface area (TPSA) is 112 Å². The number of nitrogens with zero attached hydrogens (tertiary/aromatic N) is 4. The van der Waals surface area contributed by atoms with Crippen LogP contribution in [0, 0.1) is 0 Å². The van der Waals surface area contributed by atoms with Gasteiger partial charge in [0.25, 0.3) is 0 Å². The number of benzene rings is 2. The van der Waals surface area contributed by atoms with Crippen molar-refractivity contribution in [2.75, 3.05) is 41.1 Å². The summed E-state index contributed by atoms with van der Waals surface area (Å²) in [5, 5.41) is 9.47. The maximum absolute atomic E-state index is 14.2. The number of fused-ring (bicyclic) bond motifs is 1. The molecule has 2 heterocycles. The van der Waals surface area contributed by atoms with Crippen LogP contribution in [-0.4, -0.2) is 42.6 Å². The number of amides is 3. The van der Waals surface area contributed by atoms with E-state index in [2.05, 4.69) is 34.1 Å². The summed E-state index contributed by atoms with van der Waals surface area (Å²) < 4.78 is 5.50. The number of para-hydroxylation sites is 2. The fourth-order valence-corrected chi connectivity index (χ4v) is 5.19. The molecule has 1 aliphatic rings. The first-order chi connectivity index (χ1) is 20.3. The number of rotatable bonds is 11. The van der Waals surface area contributed by atoms with E-state index in [-0.39, 0.29) is 30.0 Å². The highest BCUT2D eigenvalue weighted by atomic mass is 35.5. The van der Waals surface area contributed by atoms with Gasteiger partial charge in [0, 0.05) is 25.0 Å². The Morgan fingerprint density at radius 2 is 1.90 bits per heavy atom. The van der Waals surface area contributed by atoms with Crippen LogP contribution in [-0.2, 0) is 17.8 Å². The maximum atomic E-state index is 14.2. The molecule has 0 radical (unpaired) electrons. The molecule has 0 saturated carbocycles. The van der Waals surface area contributed by atoms with Crippen LogP contribution in [0.5, 0.6) is 5.75 Å². The number of urea groups is 1. The summed E-state index contributed by atoms with van der Waals surface area (Å²) in [6, 6.07) is 8.49. The quantitative estimate of drug-likeness (QED) is 0.169. The summed E-state index contributed by atoms with van der Waals surface area (Å²) in [7, 11) is 3.27. The number of aromatic nitrogens is 2. The summed E-state index contributed by atoms with van der Waals surface area (Å²) in [5.41, 5.74) is 3.62. The van der Waals surface area contributed by atoms with Gasteiger partial charge in [-0.2, -0.15) is 4.98 Å². The highest BCUT2D eigenvalue weighted by molar-refractivity contribution is 6.41. The Morgan fingerprint density at radius 3 is 2.55 bits per heavy atom. The van der Waals surface area contributed by atoms with E-state index in [0.717, 1.165) is 11.1 Å². The third-order valence-corrected chi connectivity index (χ3v) is 7.31. The van der Waals surface area contributed by atoms with Crippen molar-refractivity contribution in [3.8, 4) is 5.75 Å². The van der Waals surface area contributed by atoms with Crippen molar-refractivity contribution >= 4 is 64.0 Å². The van der Waals surface area contributed by atoms with Gasteiger partial charge >= 0.3 is 6.03 Å². The Morgan fingerprint density at radius 1 is 1.17 bits per heavy atom. The molecule has 0 spiro atoms. The summed E-state index contributed by atoms with van der Waals surface area (Å²) in [6.07, 6.45) is 6.84.